The number of nitrogens with zero attached hydrogens (tertiary/aromatic N) is 1. The number of methoxy groups -OCH3 is 1. The topological polar surface area (TPSA) is 95.7 Å². The maximum absolute atomic E-state index is 12.7. The lowest BCUT2D eigenvalue weighted by atomic mass is 10.1. The van der Waals surface area contributed by atoms with E-state index in [1.165, 1.54) is 7.11 Å². The van der Waals surface area contributed by atoms with Crippen LogP contribution in [0, 0.1) is 0 Å². The molecule has 8 nitrogen and oxygen atoms in total. The van der Waals surface area contributed by atoms with Gasteiger partial charge >= 0.3 is 6.03 Å². The Hall–Kier alpha value is -3.68. The van der Waals surface area contributed by atoms with Crippen LogP contribution in [-0.4, -0.2) is 42.1 Å². The van der Waals surface area contributed by atoms with Crippen molar-refractivity contribution in [1.82, 2.24) is 20.7 Å². The maximum atomic E-state index is 12.7. The van der Waals surface area contributed by atoms with Crippen molar-refractivity contribution in [2.24, 2.45) is 0 Å². The molecule has 0 fully saturated rings. The number of nitrogens with one attached hydrogen (secondary N) is 3. The molecule has 2 aromatic carbocycles. The molecule has 1 aromatic heterocycles. The summed E-state index contributed by atoms with van der Waals surface area (Å²) in [4.78, 5) is 30.3. The number of carbonyl (C=O) groups excluding carboxylic acids is 2. The molecule has 3 N–H and O–H groups in total. The molecular formula is C24H28N4O4. The molecule has 0 atom stereocenters. The fraction of sp³-hybridized carbons (Fsp3) is 0.333. The van der Waals surface area contributed by atoms with Crippen molar-refractivity contribution in [1.29, 1.82) is 0 Å². The molecule has 4 rings (SSSR count). The zero-order valence-corrected chi connectivity index (χ0v) is 18.4. The smallest absolute Gasteiger partial charge is 0.336 e. The standard InChI is InChI=1S/C24H28N4O4/c1-3-4-13-32-21-10-9-16(14-22(21)31-2)23(29)26-27-24(30)28-12-11-20-18(15-28)17-7-5-6-8-19(17)25-20/h5-10,14,25H,3-4,11-13,15H2,1-2H3,(H,26,29)(H,27,30). The lowest BCUT2D eigenvalue weighted by molar-refractivity contribution is 0.0928. The molecule has 32 heavy (non-hydrogen) atoms. The fourth-order valence-electron chi connectivity index (χ4n) is 3.86. The van der Waals surface area contributed by atoms with Crippen molar-refractivity contribution in [2.45, 2.75) is 32.7 Å². The Kier molecular flexibility index (Phi) is 6.49. The Bertz CT molecular complexity index is 1120. The van der Waals surface area contributed by atoms with Gasteiger partial charge in [-0.2, -0.15) is 0 Å². The molecule has 1 aliphatic heterocycles. The third-order valence-corrected chi connectivity index (χ3v) is 5.63. The Morgan fingerprint density at radius 2 is 1.97 bits per heavy atom. The van der Waals surface area contributed by atoms with Crippen LogP contribution in [0.3, 0.4) is 0 Å². The van der Waals surface area contributed by atoms with Crippen LogP contribution in [0.25, 0.3) is 10.9 Å². The highest BCUT2D eigenvalue weighted by Gasteiger charge is 2.24. The van der Waals surface area contributed by atoms with E-state index in [1.54, 1.807) is 23.1 Å². The second kappa shape index (κ2) is 9.64. The Morgan fingerprint density at radius 3 is 2.78 bits per heavy atom. The van der Waals surface area contributed by atoms with Gasteiger partial charge in [0.05, 0.1) is 13.7 Å². The zero-order valence-electron chi connectivity index (χ0n) is 18.4. The van der Waals surface area contributed by atoms with Crippen LogP contribution in [0.4, 0.5) is 4.79 Å². The van der Waals surface area contributed by atoms with Crippen molar-refractivity contribution in [3.8, 4) is 11.5 Å². The Balaban J connectivity index is 1.36. The maximum Gasteiger partial charge on any atom is 0.336 e. The van der Waals surface area contributed by atoms with Gasteiger partial charge in [-0.3, -0.25) is 10.2 Å². The molecule has 3 aromatic rings. The zero-order chi connectivity index (χ0) is 22.5. The highest BCUT2D eigenvalue weighted by atomic mass is 16.5. The molecule has 0 spiro atoms. The van der Waals surface area contributed by atoms with Gasteiger partial charge in [0.2, 0.25) is 0 Å². The quantitative estimate of drug-likeness (QED) is 0.405. The summed E-state index contributed by atoms with van der Waals surface area (Å²) < 4.78 is 11.0. The summed E-state index contributed by atoms with van der Waals surface area (Å²) in [5.41, 5.74) is 8.73. The van der Waals surface area contributed by atoms with Gasteiger partial charge in [0.15, 0.2) is 11.5 Å². The van der Waals surface area contributed by atoms with Crippen LogP contribution in [-0.2, 0) is 13.0 Å². The molecule has 0 radical (unpaired) electrons. The first-order chi connectivity index (χ1) is 15.6. The fourth-order valence-corrected chi connectivity index (χ4v) is 3.86. The number of urea groups is 1. The number of aromatic nitrogens is 1. The Morgan fingerprint density at radius 1 is 1.12 bits per heavy atom. The van der Waals surface area contributed by atoms with Gasteiger partial charge in [-0.1, -0.05) is 31.5 Å². The first-order valence-electron chi connectivity index (χ1n) is 10.8. The number of unbranched alkanes of at least 4 members (excludes halogenated alkanes) is 1. The van der Waals surface area contributed by atoms with E-state index in [2.05, 4.69) is 28.8 Å². The van der Waals surface area contributed by atoms with Gasteiger partial charge in [0.25, 0.3) is 5.91 Å². The van der Waals surface area contributed by atoms with Crippen molar-refractivity contribution in [3.63, 3.8) is 0 Å². The summed E-state index contributed by atoms with van der Waals surface area (Å²) in [5, 5.41) is 1.12. The largest absolute Gasteiger partial charge is 0.493 e. The van der Waals surface area contributed by atoms with E-state index in [4.69, 9.17) is 9.47 Å². The average molecular weight is 437 g/mol. The number of hydrazine groups is 1. The summed E-state index contributed by atoms with van der Waals surface area (Å²) in [5.74, 6) is 0.633. The van der Waals surface area contributed by atoms with Crippen LogP contribution in [0.5, 0.6) is 11.5 Å². The molecule has 168 valence electrons. The first kappa shape index (κ1) is 21.5. The molecular weight excluding hydrogens is 408 g/mol. The lowest BCUT2D eigenvalue weighted by Gasteiger charge is -2.27. The minimum absolute atomic E-state index is 0.347. The molecule has 8 heteroatoms. The summed E-state index contributed by atoms with van der Waals surface area (Å²) >= 11 is 0. The molecule has 0 saturated carbocycles. The number of fused-ring (bicyclic) bond motifs is 3. The summed E-state index contributed by atoms with van der Waals surface area (Å²) in [6, 6.07) is 12.7. The van der Waals surface area contributed by atoms with Gasteiger partial charge < -0.3 is 19.4 Å². The van der Waals surface area contributed by atoms with Crippen molar-refractivity contribution in [3.05, 3.63) is 59.3 Å². The lowest BCUT2D eigenvalue weighted by Crippen LogP contribution is -2.50. The molecule has 0 unspecified atom stereocenters. The molecule has 3 amide bonds. The molecule has 0 bridgehead atoms. The number of hydrogen-bond donors (Lipinski definition) is 3. The highest BCUT2D eigenvalue weighted by Crippen LogP contribution is 2.29. The molecule has 0 saturated heterocycles. The van der Waals surface area contributed by atoms with E-state index in [-0.39, 0.29) is 6.03 Å². The number of ether oxygens (including phenoxy) is 2. The number of amides is 3. The third kappa shape index (κ3) is 4.49. The van der Waals surface area contributed by atoms with Crippen molar-refractivity contribution < 1.29 is 19.1 Å². The molecule has 1 aliphatic rings. The first-order valence-corrected chi connectivity index (χ1v) is 10.8. The number of benzene rings is 2. The number of aromatic amines is 1. The van der Waals surface area contributed by atoms with E-state index in [9.17, 15) is 9.59 Å². The number of carbonyl (C=O) groups is 2. The molecule has 2 heterocycles. The van der Waals surface area contributed by atoms with Crippen LogP contribution < -0.4 is 20.3 Å². The second-order valence-corrected chi connectivity index (χ2v) is 7.75. The monoisotopic (exact) mass is 436 g/mol. The normalized spacial score (nSPS) is 12.9. The second-order valence-electron chi connectivity index (χ2n) is 7.75. The highest BCUT2D eigenvalue weighted by molar-refractivity contribution is 5.96. The van der Waals surface area contributed by atoms with Crippen LogP contribution in [0.2, 0.25) is 0 Å². The van der Waals surface area contributed by atoms with Crippen LogP contribution in [0.1, 0.15) is 41.4 Å². The number of H-pyrrole nitrogens is 1. The minimum atomic E-state index is -0.429. The van der Waals surface area contributed by atoms with E-state index >= 15 is 0 Å². The number of rotatable bonds is 6. The van der Waals surface area contributed by atoms with Gasteiger partial charge in [-0.25, -0.2) is 10.2 Å². The molecule has 0 aliphatic carbocycles. The van der Waals surface area contributed by atoms with Gasteiger partial charge in [-0.15, -0.1) is 0 Å². The number of para-hydroxylation sites is 1. The van der Waals surface area contributed by atoms with Crippen LogP contribution >= 0.6 is 0 Å². The predicted octanol–water partition coefficient (Wildman–Crippen LogP) is 3.77. The van der Waals surface area contributed by atoms with E-state index in [0.717, 1.165) is 41.4 Å². The average Bonchev–Trinajstić information content (AvgIpc) is 3.20. The predicted molar refractivity (Wildman–Crippen MR) is 122 cm³/mol. The van der Waals surface area contributed by atoms with Crippen molar-refractivity contribution >= 4 is 22.8 Å². The summed E-state index contributed by atoms with van der Waals surface area (Å²) in [6.45, 7) is 3.73. The van der Waals surface area contributed by atoms with E-state index in [0.29, 0.717) is 36.8 Å². The summed E-state index contributed by atoms with van der Waals surface area (Å²) in [6.07, 6.45) is 2.71. The third-order valence-electron chi connectivity index (χ3n) is 5.63. The summed E-state index contributed by atoms with van der Waals surface area (Å²) in [7, 11) is 1.53. The number of hydrogen-bond acceptors (Lipinski definition) is 4. The van der Waals surface area contributed by atoms with Crippen LogP contribution in [0.15, 0.2) is 42.5 Å². The SMILES string of the molecule is CCCCOc1ccc(C(=O)NNC(=O)N2CCc3[nH]c4ccccc4c3C2)cc1OC. The van der Waals surface area contributed by atoms with Gasteiger partial charge in [-0.05, 0) is 30.7 Å². The van der Waals surface area contributed by atoms with Gasteiger partial charge in [0.1, 0.15) is 0 Å². The Labute approximate surface area is 186 Å². The minimum Gasteiger partial charge on any atom is -0.493 e. The van der Waals surface area contributed by atoms with Crippen molar-refractivity contribution in [2.75, 3.05) is 20.3 Å². The van der Waals surface area contributed by atoms with E-state index in [1.807, 2.05) is 18.2 Å². The van der Waals surface area contributed by atoms with Gasteiger partial charge in [0, 0.05) is 47.2 Å². The van der Waals surface area contributed by atoms with E-state index < -0.39 is 5.91 Å².